The smallest absolute Gasteiger partial charge is 0.307 e. The first kappa shape index (κ1) is 14.4. The Labute approximate surface area is 127 Å². The van der Waals surface area contributed by atoms with E-state index in [9.17, 15) is 4.79 Å². The first-order valence-electron chi connectivity index (χ1n) is 5.61. The minimum atomic E-state index is -0.843. The largest absolute Gasteiger partial charge is 0.496 e. The van der Waals surface area contributed by atoms with Crippen molar-refractivity contribution in [2.75, 3.05) is 7.11 Å². The van der Waals surface area contributed by atoms with Crippen molar-refractivity contribution in [3.63, 3.8) is 0 Å². The Balaban J connectivity index is 2.84. The van der Waals surface area contributed by atoms with Gasteiger partial charge in [-0.2, -0.15) is 0 Å². The van der Waals surface area contributed by atoms with Gasteiger partial charge < -0.3 is 14.4 Å². The lowest BCUT2D eigenvalue weighted by Gasteiger charge is -2.05. The summed E-state index contributed by atoms with van der Waals surface area (Å²) in [4.78, 5) is 11.1. The molecule has 1 aromatic carbocycles. The maximum atomic E-state index is 11.1. The third-order valence-electron chi connectivity index (χ3n) is 3.18. The molecule has 0 unspecified atom stereocenters. The molecular weight excluding hydrogens is 378 g/mol. The van der Waals surface area contributed by atoms with Gasteiger partial charge in [0.15, 0.2) is 0 Å². The second-order valence-electron chi connectivity index (χ2n) is 4.16. The highest BCUT2D eigenvalue weighted by Gasteiger charge is 2.20. The van der Waals surface area contributed by atoms with Gasteiger partial charge >= 0.3 is 5.97 Å². The summed E-state index contributed by atoms with van der Waals surface area (Å²) < 4.78 is 8.08. The lowest BCUT2D eigenvalue weighted by molar-refractivity contribution is -0.136. The van der Waals surface area contributed by atoms with Gasteiger partial charge in [0.05, 0.1) is 18.0 Å². The van der Waals surface area contributed by atoms with Crippen LogP contribution in [0.5, 0.6) is 5.75 Å². The van der Waals surface area contributed by atoms with Crippen molar-refractivity contribution in [2.24, 2.45) is 7.05 Å². The molecule has 0 saturated heterocycles. The van der Waals surface area contributed by atoms with E-state index in [2.05, 4.69) is 31.9 Å². The number of fused-ring (bicyclic) bond motifs is 1. The zero-order valence-electron chi connectivity index (χ0n) is 10.5. The van der Waals surface area contributed by atoms with Crippen LogP contribution in [0.25, 0.3) is 10.9 Å². The lowest BCUT2D eigenvalue weighted by Crippen LogP contribution is -2.03. The van der Waals surface area contributed by atoms with E-state index in [1.54, 1.807) is 7.11 Å². The average molecular weight is 391 g/mol. The highest BCUT2D eigenvalue weighted by molar-refractivity contribution is 9.10. The molecule has 0 atom stereocenters. The molecule has 0 fully saturated rings. The maximum Gasteiger partial charge on any atom is 0.307 e. The normalized spacial score (nSPS) is 10.9. The number of aryl methyl sites for hydroxylation is 1. The van der Waals surface area contributed by atoms with E-state index in [4.69, 9.17) is 9.84 Å². The van der Waals surface area contributed by atoms with Crippen molar-refractivity contribution < 1.29 is 14.6 Å². The van der Waals surface area contributed by atoms with Crippen molar-refractivity contribution in [3.05, 3.63) is 27.9 Å². The van der Waals surface area contributed by atoms with Gasteiger partial charge in [-0.1, -0.05) is 15.9 Å². The number of hydrogen-bond acceptors (Lipinski definition) is 2. The molecule has 4 nitrogen and oxygen atoms in total. The summed E-state index contributed by atoms with van der Waals surface area (Å²) in [5.41, 5.74) is 2.76. The summed E-state index contributed by atoms with van der Waals surface area (Å²) in [6.07, 6.45) is -0.00988. The van der Waals surface area contributed by atoms with Gasteiger partial charge in [-0.25, -0.2) is 0 Å². The van der Waals surface area contributed by atoms with Gasteiger partial charge in [0.1, 0.15) is 5.75 Å². The van der Waals surface area contributed by atoms with Crippen LogP contribution in [0.2, 0.25) is 0 Å². The van der Waals surface area contributed by atoms with Crippen LogP contribution < -0.4 is 4.74 Å². The topological polar surface area (TPSA) is 51.5 Å². The van der Waals surface area contributed by atoms with Gasteiger partial charge in [0.25, 0.3) is 0 Å². The van der Waals surface area contributed by atoms with E-state index in [1.807, 2.05) is 23.7 Å². The Bertz CT molecular complexity index is 649. The van der Waals surface area contributed by atoms with Gasteiger partial charge in [-0.3, -0.25) is 4.79 Å². The third-order valence-corrected chi connectivity index (χ3v) is 4.49. The highest BCUT2D eigenvalue weighted by atomic mass is 79.9. The zero-order valence-corrected chi connectivity index (χ0v) is 13.7. The monoisotopic (exact) mass is 389 g/mol. The van der Waals surface area contributed by atoms with E-state index in [0.717, 1.165) is 26.6 Å². The molecule has 0 aliphatic rings. The second-order valence-corrected chi connectivity index (χ2v) is 5.52. The average Bonchev–Trinajstić information content (AvgIpc) is 2.62. The first-order valence-corrected chi connectivity index (χ1v) is 7.53. The molecule has 0 saturated carbocycles. The number of carbonyl (C=O) groups is 1. The van der Waals surface area contributed by atoms with Crippen molar-refractivity contribution in [1.82, 2.24) is 4.57 Å². The van der Waals surface area contributed by atoms with Gasteiger partial charge in [-0.05, 0) is 33.6 Å². The summed E-state index contributed by atoms with van der Waals surface area (Å²) in [5, 5.41) is 10.6. The lowest BCUT2D eigenvalue weighted by atomic mass is 10.1. The number of benzene rings is 1. The Morgan fingerprint density at radius 3 is 2.68 bits per heavy atom. The fourth-order valence-corrected chi connectivity index (χ4v) is 3.73. The summed E-state index contributed by atoms with van der Waals surface area (Å²) in [6, 6.07) is 3.81. The number of rotatable bonds is 4. The van der Waals surface area contributed by atoms with Gasteiger partial charge in [0, 0.05) is 29.0 Å². The Morgan fingerprint density at radius 2 is 2.16 bits per heavy atom. The van der Waals surface area contributed by atoms with E-state index in [-0.39, 0.29) is 6.42 Å². The fraction of sp³-hybridized carbons (Fsp3) is 0.308. The van der Waals surface area contributed by atoms with Crippen LogP contribution in [0.4, 0.5) is 0 Å². The molecule has 0 aliphatic carbocycles. The molecule has 0 amide bonds. The Morgan fingerprint density at radius 1 is 1.47 bits per heavy atom. The number of carboxylic acids is 1. The molecule has 0 radical (unpaired) electrons. The molecule has 1 heterocycles. The number of hydrogen-bond donors (Lipinski definition) is 1. The molecule has 0 aliphatic heterocycles. The van der Waals surface area contributed by atoms with Crippen LogP contribution >= 0.6 is 31.9 Å². The molecule has 0 bridgehead atoms. The van der Waals surface area contributed by atoms with Crippen molar-refractivity contribution in [2.45, 2.75) is 11.8 Å². The minimum Gasteiger partial charge on any atom is -0.496 e. The third kappa shape index (κ3) is 2.39. The molecule has 2 rings (SSSR count). The van der Waals surface area contributed by atoms with Crippen LogP contribution in [0.15, 0.2) is 16.6 Å². The van der Waals surface area contributed by atoms with Crippen molar-refractivity contribution >= 4 is 48.7 Å². The predicted octanol–water partition coefficient (Wildman–Crippen LogP) is 3.47. The molecule has 2 aromatic rings. The number of halogens is 2. The SMILES string of the molecule is COc1ccc2c(c1Br)c(CC(=O)O)c(CBr)n2C. The number of carboxylic acid groups (broad SMARTS) is 1. The molecule has 102 valence electrons. The van der Waals surface area contributed by atoms with E-state index in [0.29, 0.717) is 11.1 Å². The molecule has 0 spiro atoms. The van der Waals surface area contributed by atoms with E-state index < -0.39 is 5.97 Å². The molecule has 1 N–H and O–H groups in total. The second kappa shape index (κ2) is 5.54. The van der Waals surface area contributed by atoms with Crippen molar-refractivity contribution in [3.8, 4) is 5.75 Å². The first-order chi connectivity index (χ1) is 9.01. The zero-order chi connectivity index (χ0) is 14.2. The van der Waals surface area contributed by atoms with Gasteiger partial charge in [-0.15, -0.1) is 0 Å². The van der Waals surface area contributed by atoms with Crippen LogP contribution in [-0.4, -0.2) is 22.8 Å². The molecule has 1 aromatic heterocycles. The van der Waals surface area contributed by atoms with E-state index in [1.165, 1.54) is 0 Å². The number of aliphatic carboxylic acids is 1. The van der Waals surface area contributed by atoms with E-state index >= 15 is 0 Å². The summed E-state index contributed by atoms with van der Waals surface area (Å²) >= 11 is 6.94. The van der Waals surface area contributed by atoms with Crippen LogP contribution in [0, 0.1) is 0 Å². The van der Waals surface area contributed by atoms with Crippen LogP contribution in [-0.2, 0) is 23.6 Å². The minimum absolute atomic E-state index is 0.00988. The number of alkyl halides is 1. The van der Waals surface area contributed by atoms with Crippen LogP contribution in [0.1, 0.15) is 11.3 Å². The highest BCUT2D eigenvalue weighted by Crippen LogP contribution is 2.38. The quantitative estimate of drug-likeness (QED) is 0.813. The summed E-state index contributed by atoms with van der Waals surface area (Å²) in [7, 11) is 3.53. The Kier molecular flexibility index (Phi) is 4.20. The Hall–Kier alpha value is -1.01. The number of ether oxygens (including phenoxy) is 1. The number of nitrogens with zero attached hydrogens (tertiary/aromatic N) is 1. The van der Waals surface area contributed by atoms with Gasteiger partial charge in [0.2, 0.25) is 0 Å². The number of aromatic nitrogens is 1. The van der Waals surface area contributed by atoms with Crippen molar-refractivity contribution in [1.29, 1.82) is 0 Å². The fourth-order valence-electron chi connectivity index (χ4n) is 2.28. The molecular formula is C13H13Br2NO3. The standard InChI is InChI=1S/C13H13Br2NO3/c1-16-8-3-4-10(19-2)13(15)12(8)7(5-11(17)18)9(16)6-14/h3-4H,5-6H2,1-2H3,(H,17,18). The van der Waals surface area contributed by atoms with Crippen LogP contribution in [0.3, 0.4) is 0 Å². The predicted molar refractivity (Wildman–Crippen MR) is 81.1 cm³/mol. The molecule has 19 heavy (non-hydrogen) atoms. The summed E-state index contributed by atoms with van der Waals surface area (Å²) in [5.74, 6) is -0.143. The maximum absolute atomic E-state index is 11.1. The molecule has 6 heteroatoms. The number of methoxy groups -OCH3 is 1. The summed E-state index contributed by atoms with van der Waals surface area (Å²) in [6.45, 7) is 0.